The first kappa shape index (κ1) is 26.1. The van der Waals surface area contributed by atoms with Gasteiger partial charge in [0.2, 0.25) is 5.78 Å². The van der Waals surface area contributed by atoms with E-state index in [2.05, 4.69) is 64.2 Å². The van der Waals surface area contributed by atoms with Gasteiger partial charge in [-0.1, -0.05) is 0 Å². The van der Waals surface area contributed by atoms with E-state index < -0.39 is 5.97 Å². The van der Waals surface area contributed by atoms with Crippen LogP contribution in [-0.4, -0.2) is 32.1 Å². The minimum atomic E-state index is -1.25. The molecule has 3 rings (SSSR count). The molecule has 0 unspecified atom stereocenters. The molecule has 164 valence electrons. The zero-order valence-electron chi connectivity index (χ0n) is 17.3. The first-order valence-electron chi connectivity index (χ1n) is 8.80. The van der Waals surface area contributed by atoms with Gasteiger partial charge in [-0.05, 0) is 53.9 Å². The van der Waals surface area contributed by atoms with Gasteiger partial charge < -0.3 is 31.2 Å². The number of phenols is 1. The van der Waals surface area contributed by atoms with E-state index in [1.165, 1.54) is 12.1 Å². The number of ether oxygens (including phenoxy) is 1. The number of carbonyl (C=O) groups excluding carboxylic acids is 1. The lowest BCUT2D eigenvalue weighted by Crippen LogP contribution is -1.97. The number of benzene rings is 1. The summed E-state index contributed by atoms with van der Waals surface area (Å²) in [5, 5.41) is 25.4. The molecule has 1 aliphatic heterocycles. The van der Waals surface area contributed by atoms with Gasteiger partial charge in [0.25, 0.3) is 0 Å². The van der Waals surface area contributed by atoms with Crippen molar-refractivity contribution in [2.45, 2.75) is 0 Å². The number of rotatable bonds is 1. The molecule has 8 nitrogen and oxygen atoms in total. The maximum absolute atomic E-state index is 11.9. The molecule has 0 atom stereocenters. The average Bonchev–Trinajstić information content (AvgIpc) is 3.40. The number of aliphatic hydroxyl groups excluding tert-OH is 1. The van der Waals surface area contributed by atoms with Gasteiger partial charge in [0.1, 0.15) is 17.6 Å². The number of aromatic hydroxyl groups is 1. The molecule has 0 saturated heterocycles. The Balaban J connectivity index is 0.000000332. The third kappa shape index (κ3) is 8.85. The number of hydrogen-bond donors (Lipinski definition) is 5. The molecule has 0 bridgehead atoms. The van der Waals surface area contributed by atoms with Crippen LogP contribution in [0.3, 0.4) is 0 Å². The number of Topliss-reactive ketones (excluding diaryl/α,β-unsaturated/α-hetero) is 1. The summed E-state index contributed by atoms with van der Waals surface area (Å²) in [6.45, 7) is 0. The van der Waals surface area contributed by atoms with Crippen LogP contribution in [0.5, 0.6) is 11.5 Å². The number of hydrogen-bond acceptors (Lipinski definition) is 6. The number of aromatic amines is 1. The molecule has 0 fully saturated rings. The number of carboxylic acids is 1. The molecular weight excluding hydrogens is 436 g/mol. The van der Waals surface area contributed by atoms with Crippen molar-refractivity contribution in [1.82, 2.24) is 11.1 Å². The second kappa shape index (κ2) is 14.2. The largest absolute Gasteiger partial charge is 0.508 e. The van der Waals surface area contributed by atoms with Crippen molar-refractivity contribution in [3.05, 3.63) is 53.5 Å². The van der Waals surface area contributed by atoms with Gasteiger partial charge in [0.05, 0.1) is 5.56 Å². The highest BCUT2D eigenvalue weighted by Crippen LogP contribution is 2.34. The van der Waals surface area contributed by atoms with E-state index in [9.17, 15) is 14.7 Å². The topological polar surface area (TPSA) is 155 Å². The predicted molar refractivity (Wildman–Crippen MR) is 123 cm³/mol. The molecule has 1 aromatic heterocycles. The van der Waals surface area contributed by atoms with Crippen molar-refractivity contribution in [3.63, 3.8) is 0 Å². The first-order chi connectivity index (χ1) is 16.0. The van der Waals surface area contributed by atoms with Crippen LogP contribution in [0.1, 0.15) is 16.1 Å². The number of fused-ring (bicyclic) bond motifs is 1. The summed E-state index contributed by atoms with van der Waals surface area (Å²) in [5.74, 6) is 23.6. The lowest BCUT2D eigenvalue weighted by atomic mass is 10.1. The van der Waals surface area contributed by atoms with E-state index in [1.54, 1.807) is 30.4 Å². The van der Waals surface area contributed by atoms with Crippen molar-refractivity contribution in [3.8, 4) is 82.7 Å². The number of allylic oxidation sites excluding steroid dienone is 1. The van der Waals surface area contributed by atoms with Gasteiger partial charge in [0.15, 0.2) is 5.76 Å². The highest BCUT2D eigenvalue weighted by molar-refractivity contribution is 6.14. The number of phenolic OH excluding ortho intramolecular Hbond substituents is 1. The Morgan fingerprint density at radius 1 is 0.941 bits per heavy atom. The van der Waals surface area contributed by atoms with Crippen LogP contribution in [0.15, 0.2) is 42.3 Å². The molecule has 1 aliphatic rings. The molecule has 7 N–H and O–H groups in total. The molecule has 8 heteroatoms. The van der Waals surface area contributed by atoms with Gasteiger partial charge in [-0.2, -0.15) is 0 Å². The van der Waals surface area contributed by atoms with Gasteiger partial charge in [0, 0.05) is 59.6 Å². The first-order valence-corrected chi connectivity index (χ1v) is 8.80. The van der Waals surface area contributed by atoms with Gasteiger partial charge >= 0.3 is 5.97 Å². The van der Waals surface area contributed by atoms with Crippen molar-refractivity contribution < 1.29 is 29.6 Å². The summed E-state index contributed by atoms with van der Waals surface area (Å²) >= 11 is 0. The normalized spacial score (nSPS) is 10.1. The van der Waals surface area contributed by atoms with E-state index in [0.29, 0.717) is 11.3 Å². The molecule has 2 heterocycles. The standard InChI is InChI=1S/C13H9NO3.C13H2O3.H3N/c15-9-3-4-10-11(7-9)17-12(13(10)16)6-8-2-1-5-14-8;14-12-10-8-6-4-2-1-3-5-7-9-11-13(15)16;/h1-7,14-15H;14H,(H,15,16);1H3/b12-6-;;. The van der Waals surface area contributed by atoms with Crippen LogP contribution < -0.4 is 10.9 Å². The minimum absolute atomic E-state index is 0. The Bertz CT molecular complexity index is 1480. The average molecular weight is 450 g/mol. The van der Waals surface area contributed by atoms with Crippen LogP contribution in [0, 0.1) is 71.2 Å². The molecule has 1 aromatic carbocycles. The van der Waals surface area contributed by atoms with E-state index in [0.717, 1.165) is 5.69 Å². The second-order valence-corrected chi connectivity index (χ2v) is 5.54. The number of carboxylic acid groups (broad SMARTS) is 1. The van der Waals surface area contributed by atoms with Crippen LogP contribution in [0.2, 0.25) is 0 Å². The summed E-state index contributed by atoms with van der Waals surface area (Å²) < 4.78 is 5.40. The summed E-state index contributed by atoms with van der Waals surface area (Å²) in [4.78, 5) is 24.8. The van der Waals surface area contributed by atoms with Crippen LogP contribution >= 0.6 is 0 Å². The van der Waals surface area contributed by atoms with Gasteiger partial charge in [-0.3, -0.25) is 4.79 Å². The Hall–Kier alpha value is -5.90. The molecule has 0 saturated carbocycles. The summed E-state index contributed by atoms with van der Waals surface area (Å²) in [6, 6.07) is 8.14. The smallest absolute Gasteiger partial charge is 0.382 e. The quantitative estimate of drug-likeness (QED) is 0.328. The molecule has 0 spiro atoms. The zero-order valence-corrected chi connectivity index (χ0v) is 17.3. The fraction of sp³-hybridized carbons (Fsp3) is 0. The van der Waals surface area contributed by atoms with Crippen LogP contribution in [0.25, 0.3) is 6.08 Å². The van der Waals surface area contributed by atoms with E-state index in [-0.39, 0.29) is 23.4 Å². The predicted octanol–water partition coefficient (Wildman–Crippen LogP) is 1.92. The van der Waals surface area contributed by atoms with Crippen molar-refractivity contribution in [1.29, 1.82) is 0 Å². The third-order valence-corrected chi connectivity index (χ3v) is 3.35. The highest BCUT2D eigenvalue weighted by Gasteiger charge is 2.27. The fourth-order valence-corrected chi connectivity index (χ4v) is 2.11. The Kier molecular flexibility index (Phi) is 10.9. The molecule has 34 heavy (non-hydrogen) atoms. The maximum Gasteiger partial charge on any atom is 0.382 e. The number of ketones is 1. The number of aliphatic hydroxyl groups is 1. The zero-order chi connectivity index (χ0) is 23.9. The number of H-pyrrole nitrogens is 1. The third-order valence-electron chi connectivity index (χ3n) is 3.35. The number of aliphatic carboxylic acids is 1. The van der Waals surface area contributed by atoms with Gasteiger partial charge in [-0.15, -0.1) is 0 Å². The lowest BCUT2D eigenvalue weighted by Gasteiger charge is -1.97. The SMILES string of the molecule is N.O=C(O)C#CC#CC#CC#CC#CC#CO.O=C1/C(=C/c2ccc[nH]2)Oc2cc(O)ccc21. The van der Waals surface area contributed by atoms with Gasteiger partial charge in [-0.25, -0.2) is 4.79 Å². The highest BCUT2D eigenvalue weighted by atomic mass is 16.5. The molecule has 0 amide bonds. The lowest BCUT2D eigenvalue weighted by molar-refractivity contribution is -0.130. The Labute approximate surface area is 195 Å². The maximum atomic E-state index is 11.9. The Morgan fingerprint density at radius 3 is 2.12 bits per heavy atom. The summed E-state index contributed by atoms with van der Waals surface area (Å²) in [5.41, 5.74) is 1.27. The van der Waals surface area contributed by atoms with E-state index in [1.807, 2.05) is 12.1 Å². The van der Waals surface area contributed by atoms with E-state index >= 15 is 0 Å². The molecule has 2 aromatic rings. The molecule has 0 radical (unpaired) electrons. The van der Waals surface area contributed by atoms with E-state index in [4.69, 9.17) is 14.9 Å². The van der Waals surface area contributed by atoms with Crippen LogP contribution in [-0.2, 0) is 4.79 Å². The summed E-state index contributed by atoms with van der Waals surface area (Å²) in [6.07, 6.45) is 5.00. The van der Waals surface area contributed by atoms with Crippen LogP contribution in [0.4, 0.5) is 0 Å². The number of carbonyl (C=O) groups is 2. The number of nitrogens with one attached hydrogen (secondary N) is 1. The summed E-state index contributed by atoms with van der Waals surface area (Å²) in [7, 11) is 0. The van der Waals surface area contributed by atoms with Crippen molar-refractivity contribution >= 4 is 17.8 Å². The van der Waals surface area contributed by atoms with Crippen molar-refractivity contribution in [2.75, 3.05) is 0 Å². The Morgan fingerprint density at radius 2 is 1.56 bits per heavy atom. The monoisotopic (exact) mass is 450 g/mol. The fourth-order valence-electron chi connectivity index (χ4n) is 2.11. The molecular formula is C26H14N2O6. The van der Waals surface area contributed by atoms with Crippen molar-refractivity contribution in [2.24, 2.45) is 0 Å². The second-order valence-electron chi connectivity index (χ2n) is 5.54. The number of aromatic nitrogens is 1. The minimum Gasteiger partial charge on any atom is -0.508 e. The molecule has 0 aliphatic carbocycles.